The number of amides is 1. The van der Waals surface area contributed by atoms with E-state index < -0.39 is 0 Å². The van der Waals surface area contributed by atoms with E-state index in [9.17, 15) is 4.79 Å². The highest BCUT2D eigenvalue weighted by Crippen LogP contribution is 2.27. The normalized spacial score (nSPS) is 17.6. The van der Waals surface area contributed by atoms with E-state index in [1.807, 2.05) is 0 Å². The first-order chi connectivity index (χ1) is 7.72. The van der Waals surface area contributed by atoms with Crippen LogP contribution < -0.4 is 11.1 Å². The van der Waals surface area contributed by atoms with Gasteiger partial charge in [-0.05, 0) is 25.2 Å². The number of nitrogens with one attached hydrogen (secondary N) is 1. The zero-order valence-electron chi connectivity index (χ0n) is 9.61. The van der Waals surface area contributed by atoms with Crippen LogP contribution in [0.2, 0.25) is 0 Å². The van der Waals surface area contributed by atoms with Crippen molar-refractivity contribution in [3.63, 3.8) is 0 Å². The SMILES string of the molecule is NC(CCCNC(=O)CC1CCCC1)=NO. The van der Waals surface area contributed by atoms with Crippen LogP contribution in [0, 0.1) is 5.92 Å². The largest absolute Gasteiger partial charge is 0.409 e. The summed E-state index contributed by atoms with van der Waals surface area (Å²) >= 11 is 0. The molecule has 4 N–H and O–H groups in total. The molecule has 0 spiro atoms. The van der Waals surface area contributed by atoms with Gasteiger partial charge in [-0.2, -0.15) is 0 Å². The predicted molar refractivity (Wildman–Crippen MR) is 62.2 cm³/mol. The number of hydrogen-bond donors (Lipinski definition) is 3. The molecular weight excluding hydrogens is 206 g/mol. The summed E-state index contributed by atoms with van der Waals surface area (Å²) in [5.41, 5.74) is 5.31. The van der Waals surface area contributed by atoms with E-state index in [4.69, 9.17) is 10.9 Å². The molecule has 0 aromatic rings. The molecule has 0 saturated heterocycles. The predicted octanol–water partition coefficient (Wildman–Crippen LogP) is 1.21. The lowest BCUT2D eigenvalue weighted by atomic mass is 10.0. The summed E-state index contributed by atoms with van der Waals surface area (Å²) in [4.78, 5) is 11.5. The van der Waals surface area contributed by atoms with Crippen molar-refractivity contribution >= 4 is 11.7 Å². The van der Waals surface area contributed by atoms with Gasteiger partial charge in [-0.1, -0.05) is 18.0 Å². The number of hydrogen-bond acceptors (Lipinski definition) is 3. The molecule has 0 aliphatic heterocycles. The van der Waals surface area contributed by atoms with E-state index >= 15 is 0 Å². The van der Waals surface area contributed by atoms with Crippen molar-refractivity contribution in [2.24, 2.45) is 16.8 Å². The average molecular weight is 227 g/mol. The minimum atomic E-state index is 0.131. The van der Waals surface area contributed by atoms with Gasteiger partial charge in [0.15, 0.2) is 0 Å². The third kappa shape index (κ3) is 5.00. The lowest BCUT2D eigenvalue weighted by Gasteiger charge is -2.09. The second kappa shape index (κ2) is 7.09. The Labute approximate surface area is 96.1 Å². The second-order valence-electron chi connectivity index (χ2n) is 4.40. The van der Waals surface area contributed by atoms with E-state index in [2.05, 4.69) is 10.5 Å². The van der Waals surface area contributed by atoms with Gasteiger partial charge in [-0.15, -0.1) is 0 Å². The van der Waals surface area contributed by atoms with Gasteiger partial charge < -0.3 is 16.3 Å². The lowest BCUT2D eigenvalue weighted by molar-refractivity contribution is -0.121. The Hall–Kier alpha value is -1.26. The van der Waals surface area contributed by atoms with Crippen molar-refractivity contribution in [1.29, 1.82) is 0 Å². The van der Waals surface area contributed by atoms with Crippen LogP contribution in [-0.4, -0.2) is 23.5 Å². The van der Waals surface area contributed by atoms with Gasteiger partial charge in [0.25, 0.3) is 0 Å². The molecule has 1 amide bonds. The van der Waals surface area contributed by atoms with Crippen molar-refractivity contribution in [2.75, 3.05) is 6.54 Å². The highest BCUT2D eigenvalue weighted by Gasteiger charge is 2.17. The maximum atomic E-state index is 11.5. The van der Waals surface area contributed by atoms with Crippen LogP contribution in [0.1, 0.15) is 44.9 Å². The highest BCUT2D eigenvalue weighted by atomic mass is 16.4. The monoisotopic (exact) mass is 227 g/mol. The molecule has 5 nitrogen and oxygen atoms in total. The van der Waals surface area contributed by atoms with Crippen LogP contribution >= 0.6 is 0 Å². The highest BCUT2D eigenvalue weighted by molar-refractivity contribution is 5.79. The third-order valence-electron chi connectivity index (χ3n) is 3.01. The standard InChI is InChI=1S/C11H21N3O2/c12-10(14-16)6-3-7-13-11(15)8-9-4-1-2-5-9/h9,16H,1-8H2,(H2,12,14)(H,13,15). The number of nitrogens with two attached hydrogens (primary N) is 1. The van der Waals surface area contributed by atoms with E-state index in [0.29, 0.717) is 31.7 Å². The number of carbonyl (C=O) groups is 1. The third-order valence-corrected chi connectivity index (χ3v) is 3.01. The maximum Gasteiger partial charge on any atom is 0.220 e. The number of nitrogens with zero attached hydrogens (tertiary/aromatic N) is 1. The van der Waals surface area contributed by atoms with Crippen molar-refractivity contribution in [3.05, 3.63) is 0 Å². The first-order valence-corrected chi connectivity index (χ1v) is 5.95. The van der Waals surface area contributed by atoms with Gasteiger partial charge in [-0.3, -0.25) is 4.79 Å². The summed E-state index contributed by atoms with van der Waals surface area (Å²) < 4.78 is 0. The fraction of sp³-hybridized carbons (Fsp3) is 0.818. The Balaban J connectivity index is 2.01. The minimum Gasteiger partial charge on any atom is -0.409 e. The fourth-order valence-electron chi connectivity index (χ4n) is 2.10. The zero-order chi connectivity index (χ0) is 11.8. The molecule has 1 fully saturated rings. The number of rotatable bonds is 6. The van der Waals surface area contributed by atoms with Gasteiger partial charge >= 0.3 is 0 Å². The van der Waals surface area contributed by atoms with Crippen LogP contribution in [0.4, 0.5) is 0 Å². The fourth-order valence-corrected chi connectivity index (χ4v) is 2.10. The van der Waals surface area contributed by atoms with Crippen molar-refractivity contribution in [3.8, 4) is 0 Å². The molecule has 92 valence electrons. The second-order valence-corrected chi connectivity index (χ2v) is 4.40. The van der Waals surface area contributed by atoms with E-state index in [0.717, 1.165) is 0 Å². The summed E-state index contributed by atoms with van der Waals surface area (Å²) in [5.74, 6) is 0.931. The molecule has 1 saturated carbocycles. The number of carbonyl (C=O) groups excluding carboxylic acids is 1. The molecular formula is C11H21N3O2. The van der Waals surface area contributed by atoms with Gasteiger partial charge in [0.1, 0.15) is 5.84 Å². The molecule has 0 unspecified atom stereocenters. The Bertz CT molecular complexity index is 248. The van der Waals surface area contributed by atoms with Crippen molar-refractivity contribution < 1.29 is 10.0 Å². The first-order valence-electron chi connectivity index (χ1n) is 5.95. The molecule has 0 aromatic carbocycles. The van der Waals surface area contributed by atoms with E-state index in [-0.39, 0.29) is 11.7 Å². The van der Waals surface area contributed by atoms with Crippen molar-refractivity contribution in [2.45, 2.75) is 44.9 Å². The van der Waals surface area contributed by atoms with Crippen molar-refractivity contribution in [1.82, 2.24) is 5.32 Å². The van der Waals surface area contributed by atoms with Crippen LogP contribution in [0.5, 0.6) is 0 Å². The quantitative estimate of drug-likeness (QED) is 0.209. The molecule has 0 atom stereocenters. The molecule has 16 heavy (non-hydrogen) atoms. The average Bonchev–Trinajstić information content (AvgIpc) is 2.76. The molecule has 0 bridgehead atoms. The summed E-state index contributed by atoms with van der Waals surface area (Å²) in [6.45, 7) is 0.599. The molecule has 0 heterocycles. The molecule has 5 heteroatoms. The summed E-state index contributed by atoms with van der Waals surface area (Å²) in [7, 11) is 0. The van der Waals surface area contributed by atoms with Crippen LogP contribution in [-0.2, 0) is 4.79 Å². The van der Waals surface area contributed by atoms with Crippen LogP contribution in [0.3, 0.4) is 0 Å². The van der Waals surface area contributed by atoms with Crippen LogP contribution in [0.15, 0.2) is 5.16 Å². The van der Waals surface area contributed by atoms with E-state index in [1.54, 1.807) is 0 Å². The lowest BCUT2D eigenvalue weighted by Crippen LogP contribution is -2.27. The van der Waals surface area contributed by atoms with Gasteiger partial charge in [-0.25, -0.2) is 0 Å². The van der Waals surface area contributed by atoms with E-state index in [1.165, 1.54) is 25.7 Å². The minimum absolute atomic E-state index is 0.131. The molecule has 0 aromatic heterocycles. The van der Waals surface area contributed by atoms with Gasteiger partial charge in [0, 0.05) is 19.4 Å². The number of oxime groups is 1. The van der Waals surface area contributed by atoms with Crippen LogP contribution in [0.25, 0.3) is 0 Å². The topological polar surface area (TPSA) is 87.7 Å². The van der Waals surface area contributed by atoms with Gasteiger partial charge in [0.05, 0.1) is 0 Å². The molecule has 1 rings (SSSR count). The molecule has 1 aliphatic carbocycles. The summed E-state index contributed by atoms with van der Waals surface area (Å²) in [5, 5.41) is 14.0. The summed E-state index contributed by atoms with van der Waals surface area (Å²) in [6.07, 6.45) is 6.80. The molecule has 1 aliphatic rings. The summed E-state index contributed by atoms with van der Waals surface area (Å²) in [6, 6.07) is 0. The Kier molecular flexibility index (Phi) is 5.67. The molecule has 0 radical (unpaired) electrons. The Morgan fingerprint density at radius 3 is 2.75 bits per heavy atom. The maximum absolute atomic E-state index is 11.5. The number of amidine groups is 1. The van der Waals surface area contributed by atoms with Gasteiger partial charge in [0.2, 0.25) is 5.91 Å². The first kappa shape index (κ1) is 12.8. The smallest absolute Gasteiger partial charge is 0.220 e. The Morgan fingerprint density at radius 1 is 1.44 bits per heavy atom. The zero-order valence-corrected chi connectivity index (χ0v) is 9.61. The Morgan fingerprint density at radius 2 is 2.12 bits per heavy atom.